The molecule has 0 heterocycles. The van der Waals surface area contributed by atoms with Gasteiger partial charge < -0.3 is 10.5 Å². The number of carbonyl (C=O) groups excluding carboxylic acids is 1. The molecule has 1 aromatic carbocycles. The van der Waals surface area contributed by atoms with Crippen molar-refractivity contribution in [2.45, 2.75) is 46.2 Å². The third kappa shape index (κ3) is 4.53. The van der Waals surface area contributed by atoms with Crippen molar-refractivity contribution in [2.75, 3.05) is 18.9 Å². The summed E-state index contributed by atoms with van der Waals surface area (Å²) in [6, 6.07) is 7.60. The fourth-order valence-electron chi connectivity index (χ4n) is 2.34. The number of carbonyl (C=O) groups is 1. The molecule has 0 spiro atoms. The van der Waals surface area contributed by atoms with Crippen LogP contribution in [0.3, 0.4) is 0 Å². The second-order valence-electron chi connectivity index (χ2n) is 4.85. The fraction of sp³-hybridized carbons (Fsp3) is 0.562. The molecule has 0 bridgehead atoms. The van der Waals surface area contributed by atoms with Crippen molar-refractivity contribution < 1.29 is 9.53 Å². The van der Waals surface area contributed by atoms with Crippen LogP contribution >= 0.6 is 0 Å². The van der Waals surface area contributed by atoms with E-state index in [2.05, 4.69) is 11.8 Å². The van der Waals surface area contributed by atoms with E-state index in [9.17, 15) is 4.79 Å². The molecule has 0 saturated heterocycles. The Morgan fingerprint density at radius 1 is 1.30 bits per heavy atom. The third-order valence-corrected chi connectivity index (χ3v) is 3.33. The van der Waals surface area contributed by atoms with Gasteiger partial charge in [0.1, 0.15) is 6.04 Å². The molecule has 0 aromatic heterocycles. The van der Waals surface area contributed by atoms with Crippen LogP contribution in [0.15, 0.2) is 24.3 Å². The second-order valence-corrected chi connectivity index (χ2v) is 4.85. The molecule has 0 radical (unpaired) electrons. The molecule has 20 heavy (non-hydrogen) atoms. The maximum absolute atomic E-state index is 12.1. The van der Waals surface area contributed by atoms with E-state index in [4.69, 9.17) is 10.5 Å². The summed E-state index contributed by atoms with van der Waals surface area (Å²) in [4.78, 5) is 14.2. The first kappa shape index (κ1) is 16.5. The van der Waals surface area contributed by atoms with Gasteiger partial charge in [0.25, 0.3) is 0 Å². The zero-order chi connectivity index (χ0) is 15.0. The molecule has 0 aliphatic heterocycles. The summed E-state index contributed by atoms with van der Waals surface area (Å²) in [5, 5.41) is 0. The van der Waals surface area contributed by atoms with Crippen molar-refractivity contribution in [1.82, 2.24) is 4.90 Å². The first-order chi connectivity index (χ1) is 9.63. The van der Waals surface area contributed by atoms with E-state index in [0.29, 0.717) is 13.2 Å². The molecule has 4 heteroatoms. The Bertz CT molecular complexity index is 421. The first-order valence-electron chi connectivity index (χ1n) is 7.38. The van der Waals surface area contributed by atoms with E-state index in [0.717, 1.165) is 30.6 Å². The van der Waals surface area contributed by atoms with Crippen LogP contribution in [0.5, 0.6) is 0 Å². The molecule has 4 nitrogen and oxygen atoms in total. The molecule has 1 aromatic rings. The molecular weight excluding hydrogens is 252 g/mol. The minimum absolute atomic E-state index is 0.141. The number of hydrogen-bond acceptors (Lipinski definition) is 4. The molecule has 112 valence electrons. The maximum Gasteiger partial charge on any atom is 0.323 e. The van der Waals surface area contributed by atoms with E-state index < -0.39 is 0 Å². The largest absolute Gasteiger partial charge is 0.465 e. The molecule has 2 N–H and O–H groups in total. The molecule has 0 aliphatic rings. The van der Waals surface area contributed by atoms with Gasteiger partial charge >= 0.3 is 5.97 Å². The number of para-hydroxylation sites is 1. The van der Waals surface area contributed by atoms with Gasteiger partial charge in [0.05, 0.1) is 6.61 Å². The number of ether oxygens (including phenoxy) is 1. The molecule has 0 aliphatic carbocycles. The van der Waals surface area contributed by atoms with Gasteiger partial charge in [-0.2, -0.15) is 0 Å². The molecule has 0 saturated carbocycles. The Balaban J connectivity index is 2.86. The number of benzene rings is 1. The average molecular weight is 278 g/mol. The van der Waals surface area contributed by atoms with E-state index in [1.54, 1.807) is 0 Å². The van der Waals surface area contributed by atoms with Crippen LogP contribution in [0.4, 0.5) is 5.69 Å². The lowest BCUT2D eigenvalue weighted by Crippen LogP contribution is -2.42. The minimum Gasteiger partial charge on any atom is -0.465 e. The summed E-state index contributed by atoms with van der Waals surface area (Å²) >= 11 is 0. The van der Waals surface area contributed by atoms with Crippen LogP contribution in [0.1, 0.15) is 39.2 Å². The van der Waals surface area contributed by atoms with Gasteiger partial charge in [-0.15, -0.1) is 0 Å². The summed E-state index contributed by atoms with van der Waals surface area (Å²) in [5.74, 6) is -0.141. The highest BCUT2D eigenvalue weighted by Crippen LogP contribution is 2.17. The minimum atomic E-state index is -0.200. The van der Waals surface area contributed by atoms with Gasteiger partial charge in [-0.25, -0.2) is 0 Å². The zero-order valence-electron chi connectivity index (χ0n) is 12.8. The third-order valence-electron chi connectivity index (χ3n) is 3.33. The lowest BCUT2D eigenvalue weighted by atomic mass is 10.1. The van der Waals surface area contributed by atoms with Crippen LogP contribution in [0, 0.1) is 0 Å². The monoisotopic (exact) mass is 278 g/mol. The Hall–Kier alpha value is -1.55. The van der Waals surface area contributed by atoms with E-state index in [1.807, 2.05) is 38.1 Å². The SMILES string of the molecule is CCCN(Cc1ccccc1N)C(CC)C(=O)OCC. The van der Waals surface area contributed by atoms with Crippen molar-refractivity contribution in [2.24, 2.45) is 0 Å². The van der Waals surface area contributed by atoms with Gasteiger partial charge in [-0.1, -0.05) is 32.0 Å². The Morgan fingerprint density at radius 3 is 2.55 bits per heavy atom. The number of anilines is 1. The summed E-state index contributed by atoms with van der Waals surface area (Å²) in [6.07, 6.45) is 1.73. The van der Waals surface area contributed by atoms with Gasteiger partial charge in [0.15, 0.2) is 0 Å². The van der Waals surface area contributed by atoms with Crippen molar-refractivity contribution in [3.8, 4) is 0 Å². The predicted octanol–water partition coefficient (Wildman–Crippen LogP) is 2.82. The van der Waals surface area contributed by atoms with Crippen molar-refractivity contribution >= 4 is 11.7 Å². The van der Waals surface area contributed by atoms with E-state index in [-0.39, 0.29) is 12.0 Å². The van der Waals surface area contributed by atoms with Gasteiger partial charge in [0, 0.05) is 12.2 Å². The molecule has 1 unspecified atom stereocenters. The molecule has 1 atom stereocenters. The highest BCUT2D eigenvalue weighted by Gasteiger charge is 2.25. The molecule has 1 rings (SSSR count). The summed E-state index contributed by atoms with van der Waals surface area (Å²) in [6.45, 7) is 7.91. The van der Waals surface area contributed by atoms with Crippen LogP contribution < -0.4 is 5.73 Å². The van der Waals surface area contributed by atoms with Crippen molar-refractivity contribution in [1.29, 1.82) is 0 Å². The fourth-order valence-corrected chi connectivity index (χ4v) is 2.34. The average Bonchev–Trinajstić information content (AvgIpc) is 2.42. The molecule has 0 amide bonds. The van der Waals surface area contributed by atoms with Gasteiger partial charge in [-0.05, 0) is 37.9 Å². The van der Waals surface area contributed by atoms with Crippen molar-refractivity contribution in [3.63, 3.8) is 0 Å². The Kier molecular flexibility index (Phi) is 7.09. The smallest absolute Gasteiger partial charge is 0.323 e. The highest BCUT2D eigenvalue weighted by molar-refractivity contribution is 5.75. The van der Waals surface area contributed by atoms with E-state index in [1.165, 1.54) is 0 Å². The van der Waals surface area contributed by atoms with E-state index >= 15 is 0 Å². The zero-order valence-corrected chi connectivity index (χ0v) is 12.8. The van der Waals surface area contributed by atoms with Crippen molar-refractivity contribution in [3.05, 3.63) is 29.8 Å². The number of nitrogens with zero attached hydrogens (tertiary/aromatic N) is 1. The first-order valence-corrected chi connectivity index (χ1v) is 7.38. The van der Waals surface area contributed by atoms with Crippen LogP contribution in [-0.4, -0.2) is 30.1 Å². The predicted molar refractivity (Wildman–Crippen MR) is 82.3 cm³/mol. The summed E-state index contributed by atoms with van der Waals surface area (Å²) in [5.41, 5.74) is 7.83. The lowest BCUT2D eigenvalue weighted by molar-refractivity contribution is -0.150. The molecule has 0 fully saturated rings. The van der Waals surface area contributed by atoms with Gasteiger partial charge in [0.2, 0.25) is 0 Å². The summed E-state index contributed by atoms with van der Waals surface area (Å²) < 4.78 is 5.18. The normalized spacial score (nSPS) is 12.4. The number of nitrogen functional groups attached to an aromatic ring is 1. The number of hydrogen-bond donors (Lipinski definition) is 1. The maximum atomic E-state index is 12.1. The molecular formula is C16H26N2O2. The van der Waals surface area contributed by atoms with Crippen LogP contribution in [0.25, 0.3) is 0 Å². The lowest BCUT2D eigenvalue weighted by Gasteiger charge is -2.29. The highest BCUT2D eigenvalue weighted by atomic mass is 16.5. The summed E-state index contributed by atoms with van der Waals surface area (Å²) in [7, 11) is 0. The Labute approximate surface area is 121 Å². The number of esters is 1. The van der Waals surface area contributed by atoms with Crippen LogP contribution in [0.2, 0.25) is 0 Å². The number of rotatable bonds is 8. The number of nitrogens with two attached hydrogens (primary N) is 1. The second kappa shape index (κ2) is 8.59. The van der Waals surface area contributed by atoms with Gasteiger partial charge in [-0.3, -0.25) is 9.69 Å². The Morgan fingerprint density at radius 2 is 2.00 bits per heavy atom. The quantitative estimate of drug-likeness (QED) is 0.587. The standard InChI is InChI=1S/C16H26N2O2/c1-4-11-18(15(5-2)16(19)20-6-3)12-13-9-7-8-10-14(13)17/h7-10,15H,4-6,11-12,17H2,1-3H3. The topological polar surface area (TPSA) is 55.6 Å². The van der Waals surface area contributed by atoms with Crippen LogP contribution in [-0.2, 0) is 16.1 Å².